The summed E-state index contributed by atoms with van der Waals surface area (Å²) in [5.41, 5.74) is 2.95. The Morgan fingerprint density at radius 1 is 1.13 bits per heavy atom. The van der Waals surface area contributed by atoms with E-state index in [2.05, 4.69) is 4.98 Å². The Morgan fingerprint density at radius 2 is 1.87 bits per heavy atom. The first-order valence-electron chi connectivity index (χ1n) is 9.66. The molecule has 1 aliphatic carbocycles. The van der Waals surface area contributed by atoms with Gasteiger partial charge in [0.1, 0.15) is 0 Å². The van der Waals surface area contributed by atoms with Crippen LogP contribution in [0.3, 0.4) is 0 Å². The summed E-state index contributed by atoms with van der Waals surface area (Å²) in [7, 11) is -2.94. The van der Waals surface area contributed by atoms with E-state index < -0.39 is 26.5 Å². The lowest BCUT2D eigenvalue weighted by Crippen LogP contribution is -2.52. The Bertz CT molecular complexity index is 1300. The number of nitrogens with one attached hydrogen (secondary N) is 1. The smallest absolute Gasteiger partial charge is 0.327 e. The van der Waals surface area contributed by atoms with Gasteiger partial charge in [0.25, 0.3) is 0 Å². The van der Waals surface area contributed by atoms with Gasteiger partial charge >= 0.3 is 5.97 Å². The normalized spacial score (nSPS) is 18.4. The predicted octanol–water partition coefficient (Wildman–Crippen LogP) is 5.64. The Kier molecular flexibility index (Phi) is 5.80. The summed E-state index contributed by atoms with van der Waals surface area (Å²) in [5, 5.41) is 2.00. The minimum atomic E-state index is -4.14. The first-order valence-corrected chi connectivity index (χ1v) is 12.3. The van der Waals surface area contributed by atoms with Crippen molar-refractivity contribution in [2.75, 3.05) is 7.11 Å². The van der Waals surface area contributed by atoms with Crippen LogP contribution in [0.1, 0.15) is 24.6 Å². The number of hydrogen-bond acceptors (Lipinski definition) is 4. The summed E-state index contributed by atoms with van der Waals surface area (Å²) < 4.78 is 30.6. The number of carbonyl (C=O) groups excluding carboxylic acids is 1. The third kappa shape index (κ3) is 3.54. The Balaban J connectivity index is 1.80. The van der Waals surface area contributed by atoms with Gasteiger partial charge in [-0.15, -0.1) is 0 Å². The number of methoxy groups -OCH3 is 1. The van der Waals surface area contributed by atoms with Crippen LogP contribution in [0.4, 0.5) is 0 Å². The van der Waals surface area contributed by atoms with Gasteiger partial charge in [-0.1, -0.05) is 34.8 Å². The molecule has 2 atom stereocenters. The highest BCUT2D eigenvalue weighted by Gasteiger charge is 2.54. The number of hydrogen-bond donors (Lipinski definition) is 1. The number of aromatic nitrogens is 1. The number of halogens is 3. The zero-order valence-corrected chi connectivity index (χ0v) is 19.9. The van der Waals surface area contributed by atoms with Crippen molar-refractivity contribution < 1.29 is 17.9 Å². The maximum absolute atomic E-state index is 13.7. The maximum Gasteiger partial charge on any atom is 0.327 e. The van der Waals surface area contributed by atoms with E-state index in [0.717, 1.165) is 22.2 Å². The summed E-state index contributed by atoms with van der Waals surface area (Å²) in [6.07, 6.45) is 1.50. The van der Waals surface area contributed by atoms with Gasteiger partial charge in [-0.3, -0.25) is 4.79 Å². The third-order valence-electron chi connectivity index (χ3n) is 6.28. The number of fused-ring (bicyclic) bond motifs is 3. The van der Waals surface area contributed by atoms with Gasteiger partial charge < -0.3 is 9.72 Å². The molecule has 31 heavy (non-hydrogen) atoms. The molecule has 2 unspecified atom stereocenters. The van der Waals surface area contributed by atoms with Crippen LogP contribution < -0.4 is 0 Å². The van der Waals surface area contributed by atoms with Crippen molar-refractivity contribution in [2.24, 2.45) is 5.92 Å². The highest BCUT2D eigenvalue weighted by atomic mass is 35.5. The number of aryl methyl sites for hydroxylation is 1. The molecule has 0 spiro atoms. The minimum Gasteiger partial charge on any atom is -0.468 e. The van der Waals surface area contributed by atoms with E-state index in [4.69, 9.17) is 39.5 Å². The van der Waals surface area contributed by atoms with Crippen molar-refractivity contribution in [1.82, 2.24) is 4.98 Å². The Hall–Kier alpha value is -1.73. The zero-order valence-electron chi connectivity index (χ0n) is 16.8. The van der Waals surface area contributed by atoms with E-state index in [1.807, 2.05) is 12.1 Å². The van der Waals surface area contributed by atoms with Crippen LogP contribution in [0, 0.1) is 5.92 Å². The molecule has 9 heteroatoms. The SMILES string of the molecule is COC(=O)C(C)(C1CCc2c([nH]c3ccc(Cl)cc23)C1)S(=O)(=O)c1ccc(Cl)c(Cl)c1. The lowest BCUT2D eigenvalue weighted by atomic mass is 9.79. The zero-order chi connectivity index (χ0) is 22.6. The molecule has 1 aromatic heterocycles. The number of carbonyl (C=O) groups is 1. The molecule has 0 amide bonds. The van der Waals surface area contributed by atoms with Crippen molar-refractivity contribution in [3.8, 4) is 0 Å². The number of sulfone groups is 1. The molecule has 4 rings (SSSR count). The lowest BCUT2D eigenvalue weighted by molar-refractivity contribution is -0.145. The van der Waals surface area contributed by atoms with Crippen LogP contribution >= 0.6 is 34.8 Å². The largest absolute Gasteiger partial charge is 0.468 e. The van der Waals surface area contributed by atoms with Gasteiger partial charge in [0.05, 0.1) is 22.1 Å². The van der Waals surface area contributed by atoms with Crippen LogP contribution in [-0.2, 0) is 32.2 Å². The summed E-state index contributed by atoms with van der Waals surface area (Å²) in [6, 6.07) is 9.66. The van der Waals surface area contributed by atoms with E-state index in [-0.39, 0.29) is 14.9 Å². The van der Waals surface area contributed by atoms with Crippen LogP contribution in [-0.4, -0.2) is 31.2 Å². The molecule has 0 aliphatic heterocycles. The second-order valence-electron chi connectivity index (χ2n) is 7.89. The number of H-pyrrole nitrogens is 1. The topological polar surface area (TPSA) is 76.2 Å². The monoisotopic (exact) mass is 499 g/mol. The number of ether oxygens (including phenoxy) is 1. The minimum absolute atomic E-state index is 0.0657. The van der Waals surface area contributed by atoms with Gasteiger partial charge in [-0.2, -0.15) is 0 Å². The van der Waals surface area contributed by atoms with E-state index >= 15 is 0 Å². The number of benzene rings is 2. The summed E-state index contributed by atoms with van der Waals surface area (Å²) in [4.78, 5) is 16.2. The van der Waals surface area contributed by atoms with Crippen LogP contribution in [0.2, 0.25) is 15.1 Å². The van der Waals surface area contributed by atoms with Crippen molar-refractivity contribution in [3.05, 3.63) is 62.7 Å². The van der Waals surface area contributed by atoms with Gasteiger partial charge in [0.2, 0.25) is 0 Å². The fourth-order valence-corrected chi connectivity index (χ4v) is 6.95. The fourth-order valence-electron chi connectivity index (χ4n) is 4.46. The Morgan fingerprint density at radius 3 is 2.55 bits per heavy atom. The van der Waals surface area contributed by atoms with Crippen molar-refractivity contribution in [2.45, 2.75) is 35.8 Å². The van der Waals surface area contributed by atoms with E-state index in [9.17, 15) is 13.2 Å². The molecule has 0 bridgehead atoms. The molecule has 3 aromatic rings. The van der Waals surface area contributed by atoms with E-state index in [0.29, 0.717) is 24.3 Å². The second-order valence-corrected chi connectivity index (χ2v) is 11.5. The molecular weight excluding hydrogens is 481 g/mol. The molecule has 1 heterocycles. The summed E-state index contributed by atoms with van der Waals surface area (Å²) in [5.74, 6) is -1.30. The molecule has 2 aromatic carbocycles. The molecule has 164 valence electrons. The first-order chi connectivity index (χ1) is 14.6. The van der Waals surface area contributed by atoms with Crippen molar-refractivity contribution in [1.29, 1.82) is 0 Å². The predicted molar refractivity (Wildman–Crippen MR) is 123 cm³/mol. The van der Waals surface area contributed by atoms with Crippen molar-refractivity contribution in [3.63, 3.8) is 0 Å². The standard InChI is InChI=1S/C22H20Cl3NO4S/c1-22(21(27)30-2,31(28,29)14-5-7-17(24)18(25)11-14)12-3-6-15-16-10-13(23)4-8-19(16)26-20(15)9-12/h4-5,7-8,10-12,26H,3,6,9H2,1-2H3. The fraction of sp³-hybridized carbons (Fsp3) is 0.318. The molecule has 1 N–H and O–H groups in total. The van der Waals surface area contributed by atoms with Crippen LogP contribution in [0.15, 0.2) is 41.3 Å². The maximum atomic E-state index is 13.7. The number of esters is 1. The van der Waals surface area contributed by atoms with Crippen LogP contribution in [0.5, 0.6) is 0 Å². The van der Waals surface area contributed by atoms with Crippen molar-refractivity contribution >= 4 is 61.5 Å². The quantitative estimate of drug-likeness (QED) is 0.470. The molecule has 0 saturated heterocycles. The number of rotatable bonds is 4. The number of aromatic amines is 1. The average Bonchev–Trinajstić information content (AvgIpc) is 3.11. The van der Waals surface area contributed by atoms with E-state index in [1.165, 1.54) is 32.2 Å². The molecule has 0 saturated carbocycles. The summed E-state index contributed by atoms with van der Waals surface area (Å²) >= 11 is 18.2. The van der Waals surface area contributed by atoms with Gasteiger partial charge in [-0.25, -0.2) is 8.42 Å². The first kappa shape index (κ1) is 22.5. The highest BCUT2D eigenvalue weighted by molar-refractivity contribution is 7.93. The van der Waals surface area contributed by atoms with Gasteiger partial charge in [-0.05, 0) is 74.1 Å². The van der Waals surface area contributed by atoms with E-state index in [1.54, 1.807) is 6.07 Å². The molecule has 0 radical (unpaired) electrons. The highest BCUT2D eigenvalue weighted by Crippen LogP contribution is 2.43. The molecule has 1 aliphatic rings. The molecule has 0 fully saturated rings. The van der Waals surface area contributed by atoms with Gasteiger partial charge in [0, 0.05) is 21.6 Å². The lowest BCUT2D eigenvalue weighted by Gasteiger charge is -2.36. The Labute approximate surface area is 195 Å². The third-order valence-corrected chi connectivity index (χ3v) is 9.74. The second kappa shape index (κ2) is 8.00. The molecule has 5 nitrogen and oxygen atoms in total. The van der Waals surface area contributed by atoms with Gasteiger partial charge in [0.15, 0.2) is 14.6 Å². The van der Waals surface area contributed by atoms with Crippen LogP contribution in [0.25, 0.3) is 10.9 Å². The average molecular weight is 501 g/mol. The summed E-state index contributed by atoms with van der Waals surface area (Å²) in [6.45, 7) is 1.44. The molecular formula is C22H20Cl3NO4S.